The quantitative estimate of drug-likeness (QED) is 0.126. The molecule has 1 atom stereocenters. The van der Waals surface area contributed by atoms with Crippen molar-refractivity contribution in [2.75, 3.05) is 0 Å². The molecule has 0 aliphatic rings. The molecule has 0 fully saturated rings. The first-order valence-corrected chi connectivity index (χ1v) is 12.2. The number of carbonyl (C=O) groups is 1. The Morgan fingerprint density at radius 3 is 1.89 bits per heavy atom. The van der Waals surface area contributed by atoms with Gasteiger partial charge in [-0.1, -0.05) is 97.3 Å². The minimum Gasteiger partial charge on any atom is -0.393 e. The van der Waals surface area contributed by atoms with Crippen molar-refractivity contribution < 1.29 is 9.90 Å². The van der Waals surface area contributed by atoms with Crippen LogP contribution in [0.1, 0.15) is 136 Å². The Morgan fingerprint density at radius 1 is 0.786 bits per heavy atom. The van der Waals surface area contributed by atoms with Crippen molar-refractivity contribution in [2.24, 2.45) is 5.10 Å². The highest BCUT2D eigenvalue weighted by Crippen LogP contribution is 2.14. The Balaban J connectivity index is 3.27. The molecular formula is C24H48N2O2. The van der Waals surface area contributed by atoms with E-state index in [9.17, 15) is 9.90 Å². The SMILES string of the molecule is CCCCCC=NNC(=O)CCCCCCCCCC[C@H](O)CCCCCC. The number of hydrogen-bond donors (Lipinski definition) is 2. The second-order valence-electron chi connectivity index (χ2n) is 8.21. The molecule has 0 aromatic carbocycles. The van der Waals surface area contributed by atoms with Gasteiger partial charge < -0.3 is 5.11 Å². The molecule has 0 aromatic rings. The van der Waals surface area contributed by atoms with E-state index in [1.54, 1.807) is 0 Å². The molecule has 0 aromatic heterocycles. The smallest absolute Gasteiger partial charge is 0.240 e. The van der Waals surface area contributed by atoms with Crippen molar-refractivity contribution in [1.82, 2.24) is 5.43 Å². The normalized spacial score (nSPS) is 12.5. The minimum absolute atomic E-state index is 0.0417. The first kappa shape index (κ1) is 27.1. The van der Waals surface area contributed by atoms with E-state index in [4.69, 9.17) is 0 Å². The summed E-state index contributed by atoms with van der Waals surface area (Å²) in [6.07, 6.45) is 23.3. The van der Waals surface area contributed by atoms with Gasteiger partial charge in [-0.25, -0.2) is 5.43 Å². The van der Waals surface area contributed by atoms with Gasteiger partial charge in [0.2, 0.25) is 5.91 Å². The van der Waals surface area contributed by atoms with Crippen LogP contribution in [0.25, 0.3) is 0 Å². The third kappa shape index (κ3) is 21.4. The molecule has 2 N–H and O–H groups in total. The van der Waals surface area contributed by atoms with E-state index in [0.717, 1.165) is 44.9 Å². The third-order valence-corrected chi connectivity index (χ3v) is 5.30. The number of nitrogens with one attached hydrogen (secondary N) is 1. The van der Waals surface area contributed by atoms with Gasteiger partial charge in [0.05, 0.1) is 6.10 Å². The predicted molar refractivity (Wildman–Crippen MR) is 122 cm³/mol. The zero-order chi connectivity index (χ0) is 20.7. The summed E-state index contributed by atoms with van der Waals surface area (Å²) in [7, 11) is 0. The fraction of sp³-hybridized carbons (Fsp3) is 0.917. The van der Waals surface area contributed by atoms with Crippen molar-refractivity contribution in [3.63, 3.8) is 0 Å². The molecule has 4 nitrogen and oxygen atoms in total. The Labute approximate surface area is 175 Å². The van der Waals surface area contributed by atoms with Gasteiger partial charge in [0, 0.05) is 12.6 Å². The van der Waals surface area contributed by atoms with E-state index < -0.39 is 0 Å². The van der Waals surface area contributed by atoms with Gasteiger partial charge in [-0.2, -0.15) is 5.10 Å². The van der Waals surface area contributed by atoms with Gasteiger partial charge in [-0.05, 0) is 32.1 Å². The number of unbranched alkanes of at least 4 members (excludes halogenated alkanes) is 13. The van der Waals surface area contributed by atoms with Crippen molar-refractivity contribution in [2.45, 2.75) is 142 Å². The molecule has 28 heavy (non-hydrogen) atoms. The molecule has 1 amide bonds. The molecule has 4 heteroatoms. The Hall–Kier alpha value is -0.900. The lowest BCUT2D eigenvalue weighted by Crippen LogP contribution is -2.16. The molecule has 0 aliphatic carbocycles. The van der Waals surface area contributed by atoms with Crippen LogP contribution in [0.3, 0.4) is 0 Å². The lowest BCUT2D eigenvalue weighted by molar-refractivity contribution is -0.121. The molecule has 0 unspecified atom stereocenters. The van der Waals surface area contributed by atoms with E-state index in [2.05, 4.69) is 24.4 Å². The summed E-state index contributed by atoms with van der Waals surface area (Å²) in [5, 5.41) is 13.9. The summed E-state index contributed by atoms with van der Waals surface area (Å²) >= 11 is 0. The average molecular weight is 397 g/mol. The second-order valence-corrected chi connectivity index (χ2v) is 8.21. The zero-order valence-electron chi connectivity index (χ0n) is 18.9. The number of aliphatic hydroxyl groups excluding tert-OH is 1. The van der Waals surface area contributed by atoms with Gasteiger partial charge in [0.15, 0.2) is 0 Å². The first-order chi connectivity index (χ1) is 13.7. The van der Waals surface area contributed by atoms with Crippen LogP contribution >= 0.6 is 0 Å². The lowest BCUT2D eigenvalue weighted by Gasteiger charge is -2.10. The maximum absolute atomic E-state index is 11.6. The summed E-state index contributed by atoms with van der Waals surface area (Å²) in [4.78, 5) is 11.6. The number of aliphatic hydroxyl groups is 1. The highest BCUT2D eigenvalue weighted by molar-refractivity contribution is 5.76. The Kier molecular flexibility index (Phi) is 21.7. The molecular weight excluding hydrogens is 348 g/mol. The maximum Gasteiger partial charge on any atom is 0.240 e. The summed E-state index contributed by atoms with van der Waals surface area (Å²) < 4.78 is 0. The van der Waals surface area contributed by atoms with Gasteiger partial charge in [0.25, 0.3) is 0 Å². The Bertz CT molecular complexity index is 359. The highest BCUT2D eigenvalue weighted by atomic mass is 16.3. The summed E-state index contributed by atoms with van der Waals surface area (Å²) in [5.74, 6) is 0.0417. The van der Waals surface area contributed by atoms with Crippen LogP contribution in [0.2, 0.25) is 0 Å². The molecule has 166 valence electrons. The maximum atomic E-state index is 11.6. The molecule has 0 saturated heterocycles. The molecule has 0 spiro atoms. The van der Waals surface area contributed by atoms with E-state index >= 15 is 0 Å². The Morgan fingerprint density at radius 2 is 1.29 bits per heavy atom. The van der Waals surface area contributed by atoms with Crippen molar-refractivity contribution in [1.29, 1.82) is 0 Å². The van der Waals surface area contributed by atoms with E-state index in [1.165, 1.54) is 70.6 Å². The fourth-order valence-electron chi connectivity index (χ4n) is 3.40. The van der Waals surface area contributed by atoms with Gasteiger partial charge >= 0.3 is 0 Å². The topological polar surface area (TPSA) is 61.7 Å². The van der Waals surface area contributed by atoms with Gasteiger partial charge in [-0.15, -0.1) is 0 Å². The van der Waals surface area contributed by atoms with Crippen molar-refractivity contribution in [3.05, 3.63) is 0 Å². The zero-order valence-corrected chi connectivity index (χ0v) is 18.9. The lowest BCUT2D eigenvalue weighted by atomic mass is 10.0. The number of rotatable bonds is 21. The van der Waals surface area contributed by atoms with Crippen LogP contribution in [-0.2, 0) is 4.79 Å². The molecule has 0 rings (SSSR count). The average Bonchev–Trinajstić information content (AvgIpc) is 2.69. The number of hydrogen-bond acceptors (Lipinski definition) is 3. The van der Waals surface area contributed by atoms with Gasteiger partial charge in [-0.3, -0.25) is 4.79 Å². The molecule has 0 bridgehead atoms. The predicted octanol–water partition coefficient (Wildman–Crippen LogP) is 6.90. The summed E-state index contributed by atoms with van der Waals surface area (Å²) in [6, 6.07) is 0. The van der Waals surface area contributed by atoms with E-state index in [0.29, 0.717) is 6.42 Å². The van der Waals surface area contributed by atoms with Gasteiger partial charge in [0.1, 0.15) is 0 Å². The summed E-state index contributed by atoms with van der Waals surface area (Å²) in [5.41, 5.74) is 2.62. The number of amides is 1. The fourth-order valence-corrected chi connectivity index (χ4v) is 3.40. The van der Waals surface area contributed by atoms with Crippen LogP contribution in [0.15, 0.2) is 5.10 Å². The van der Waals surface area contributed by atoms with E-state index in [1.807, 2.05) is 6.21 Å². The van der Waals surface area contributed by atoms with Crippen LogP contribution in [0.4, 0.5) is 0 Å². The van der Waals surface area contributed by atoms with Crippen LogP contribution in [-0.4, -0.2) is 23.3 Å². The first-order valence-electron chi connectivity index (χ1n) is 12.2. The highest BCUT2D eigenvalue weighted by Gasteiger charge is 2.03. The number of carbonyl (C=O) groups excluding carboxylic acids is 1. The summed E-state index contributed by atoms with van der Waals surface area (Å²) in [6.45, 7) is 4.40. The van der Waals surface area contributed by atoms with Crippen LogP contribution in [0, 0.1) is 0 Å². The largest absolute Gasteiger partial charge is 0.393 e. The standard InChI is InChI=1S/C24H48N2O2/c1-3-5-7-15-19-23(27)20-16-13-11-9-10-12-14-17-21-24(28)26-25-22-18-8-6-4-2/h22-23,27H,3-21H2,1-2H3,(H,26,28)/t23-/m1/s1. The molecule has 0 radical (unpaired) electrons. The minimum atomic E-state index is -0.0799. The molecule has 0 aliphatic heterocycles. The number of nitrogens with zero attached hydrogens (tertiary/aromatic N) is 1. The monoisotopic (exact) mass is 396 g/mol. The second kappa shape index (κ2) is 22.4. The third-order valence-electron chi connectivity index (χ3n) is 5.30. The van der Waals surface area contributed by atoms with Crippen molar-refractivity contribution >= 4 is 12.1 Å². The molecule has 0 saturated carbocycles. The molecule has 0 heterocycles. The van der Waals surface area contributed by atoms with Crippen LogP contribution in [0.5, 0.6) is 0 Å². The van der Waals surface area contributed by atoms with E-state index in [-0.39, 0.29) is 12.0 Å². The number of hydrazone groups is 1. The van der Waals surface area contributed by atoms with Crippen molar-refractivity contribution in [3.8, 4) is 0 Å². The van der Waals surface area contributed by atoms with Crippen LogP contribution < -0.4 is 5.43 Å².